The molecule has 0 spiro atoms. The first-order valence-electron chi connectivity index (χ1n) is 9.58. The number of aliphatic hydroxyl groups excluding tert-OH is 1. The molecule has 1 aliphatic rings. The minimum absolute atomic E-state index is 0.205. The first-order valence-corrected chi connectivity index (χ1v) is 9.58. The van der Waals surface area contributed by atoms with Crippen LogP contribution in [0.25, 0.3) is 0 Å². The van der Waals surface area contributed by atoms with Gasteiger partial charge >= 0.3 is 0 Å². The second-order valence-corrected chi connectivity index (χ2v) is 8.66. The number of nitrogens with one attached hydrogen (secondary N) is 1. The lowest BCUT2D eigenvalue weighted by atomic mass is 9.87. The molecule has 0 radical (unpaired) electrons. The quantitative estimate of drug-likeness (QED) is 0.797. The number of alkyl halides is 1. The van der Waals surface area contributed by atoms with Gasteiger partial charge in [-0.15, -0.1) is 0 Å². The van der Waals surface area contributed by atoms with Crippen molar-refractivity contribution in [2.45, 2.75) is 46.4 Å². The molecule has 1 fully saturated rings. The third-order valence-corrected chi connectivity index (χ3v) is 5.26. The number of benzene rings is 1. The number of carbonyl (C=O) groups excluding carboxylic acids is 1. The van der Waals surface area contributed by atoms with Crippen LogP contribution in [0.4, 0.5) is 4.39 Å². The van der Waals surface area contributed by atoms with E-state index < -0.39 is 12.3 Å². The number of aliphatic hydroxyl groups is 1. The van der Waals surface area contributed by atoms with E-state index in [9.17, 15) is 14.3 Å². The molecular weight excluding hydrogens is 347 g/mol. The topological polar surface area (TPSA) is 61.8 Å². The Morgan fingerprint density at radius 3 is 2.70 bits per heavy atom. The SMILES string of the molecule is COc1cc(C)cc(C(=O)NCC2CCN(CC(O)C(C)(C)C)CC2F)c1. The van der Waals surface area contributed by atoms with E-state index in [1.807, 2.05) is 38.7 Å². The van der Waals surface area contributed by atoms with Crippen LogP contribution in [-0.4, -0.2) is 61.5 Å². The zero-order chi connectivity index (χ0) is 20.2. The van der Waals surface area contributed by atoms with Gasteiger partial charge in [0.25, 0.3) is 5.91 Å². The van der Waals surface area contributed by atoms with Gasteiger partial charge < -0.3 is 15.2 Å². The second kappa shape index (κ2) is 9.02. The van der Waals surface area contributed by atoms with Crippen LogP contribution in [0.5, 0.6) is 5.75 Å². The fourth-order valence-electron chi connectivity index (χ4n) is 3.25. The Bertz CT molecular complexity index is 645. The average Bonchev–Trinajstić information content (AvgIpc) is 2.59. The molecule has 3 atom stereocenters. The summed E-state index contributed by atoms with van der Waals surface area (Å²) in [5.74, 6) is 0.215. The molecule has 0 bridgehead atoms. The zero-order valence-electron chi connectivity index (χ0n) is 17.1. The van der Waals surface area contributed by atoms with Crippen molar-refractivity contribution in [3.63, 3.8) is 0 Å². The monoisotopic (exact) mass is 380 g/mol. The predicted octanol–water partition coefficient (Wildman–Crippen LogP) is 2.80. The van der Waals surface area contributed by atoms with E-state index in [4.69, 9.17) is 4.74 Å². The van der Waals surface area contributed by atoms with Gasteiger partial charge in [-0.2, -0.15) is 0 Å². The van der Waals surface area contributed by atoms with Crippen molar-refractivity contribution < 1.29 is 19.0 Å². The van der Waals surface area contributed by atoms with Crippen LogP contribution in [0.2, 0.25) is 0 Å². The van der Waals surface area contributed by atoms with Crippen molar-refractivity contribution >= 4 is 5.91 Å². The number of piperidine rings is 1. The molecule has 1 aliphatic heterocycles. The molecule has 2 rings (SSSR count). The smallest absolute Gasteiger partial charge is 0.251 e. The molecule has 6 heteroatoms. The second-order valence-electron chi connectivity index (χ2n) is 8.66. The molecule has 27 heavy (non-hydrogen) atoms. The third kappa shape index (κ3) is 6.18. The van der Waals surface area contributed by atoms with Gasteiger partial charge in [0, 0.05) is 31.1 Å². The van der Waals surface area contributed by atoms with Crippen molar-refractivity contribution in [1.29, 1.82) is 0 Å². The maximum atomic E-state index is 14.6. The third-order valence-electron chi connectivity index (χ3n) is 5.26. The van der Waals surface area contributed by atoms with Crippen LogP contribution in [0, 0.1) is 18.3 Å². The number of carbonyl (C=O) groups is 1. The van der Waals surface area contributed by atoms with E-state index in [1.54, 1.807) is 19.2 Å². The number of likely N-dealkylation sites (tertiary alicyclic amines) is 1. The highest BCUT2D eigenvalue weighted by Crippen LogP contribution is 2.24. The van der Waals surface area contributed by atoms with E-state index in [-0.39, 0.29) is 17.2 Å². The van der Waals surface area contributed by atoms with Crippen molar-refractivity contribution in [3.05, 3.63) is 29.3 Å². The van der Waals surface area contributed by atoms with E-state index in [1.165, 1.54) is 0 Å². The van der Waals surface area contributed by atoms with Crippen LogP contribution in [0.1, 0.15) is 43.1 Å². The standard InChI is InChI=1S/C21H33FN2O3/c1-14-8-16(10-17(9-14)27-5)20(26)23-11-15-6-7-24(12-18(15)22)13-19(25)21(2,3)4/h8-10,15,18-19,25H,6-7,11-13H2,1-5H3,(H,23,26). The summed E-state index contributed by atoms with van der Waals surface area (Å²) in [5.41, 5.74) is 1.24. The number of amides is 1. The molecule has 3 unspecified atom stereocenters. The van der Waals surface area contributed by atoms with Gasteiger partial charge in [-0.3, -0.25) is 9.69 Å². The first kappa shape index (κ1) is 21.6. The van der Waals surface area contributed by atoms with Crippen molar-refractivity contribution in [2.24, 2.45) is 11.3 Å². The van der Waals surface area contributed by atoms with Gasteiger partial charge in [-0.1, -0.05) is 20.8 Å². The summed E-state index contributed by atoms with van der Waals surface area (Å²) in [6.07, 6.45) is -0.842. The van der Waals surface area contributed by atoms with E-state index in [0.717, 1.165) is 12.1 Å². The summed E-state index contributed by atoms with van der Waals surface area (Å²) in [4.78, 5) is 14.4. The highest BCUT2D eigenvalue weighted by molar-refractivity contribution is 5.94. The Balaban J connectivity index is 1.85. The Labute approximate surface area is 161 Å². The number of halogens is 1. The first-order chi connectivity index (χ1) is 12.6. The van der Waals surface area contributed by atoms with E-state index >= 15 is 0 Å². The lowest BCUT2D eigenvalue weighted by Gasteiger charge is -2.38. The summed E-state index contributed by atoms with van der Waals surface area (Å²) in [6, 6.07) is 5.34. The summed E-state index contributed by atoms with van der Waals surface area (Å²) < 4.78 is 19.8. The molecule has 1 amide bonds. The number of rotatable bonds is 6. The van der Waals surface area contributed by atoms with E-state index in [0.29, 0.717) is 37.4 Å². The van der Waals surface area contributed by atoms with Gasteiger partial charge in [0.15, 0.2) is 0 Å². The average molecular weight is 381 g/mol. The zero-order valence-corrected chi connectivity index (χ0v) is 17.1. The van der Waals surface area contributed by atoms with Crippen LogP contribution < -0.4 is 10.1 Å². The van der Waals surface area contributed by atoms with E-state index in [2.05, 4.69) is 5.32 Å². The molecule has 0 saturated carbocycles. The maximum Gasteiger partial charge on any atom is 0.251 e. The number of ether oxygens (including phenoxy) is 1. The van der Waals surface area contributed by atoms with Crippen LogP contribution in [0.15, 0.2) is 18.2 Å². The molecular formula is C21H33FN2O3. The van der Waals surface area contributed by atoms with Crippen molar-refractivity contribution in [3.8, 4) is 5.75 Å². The maximum absolute atomic E-state index is 14.6. The number of hydrogen-bond acceptors (Lipinski definition) is 4. The van der Waals surface area contributed by atoms with Gasteiger partial charge in [-0.05, 0) is 49.1 Å². The van der Waals surface area contributed by atoms with Gasteiger partial charge in [0.1, 0.15) is 11.9 Å². The minimum atomic E-state index is -1.02. The van der Waals surface area contributed by atoms with Crippen molar-refractivity contribution in [2.75, 3.05) is 33.3 Å². The number of aryl methyl sites for hydroxylation is 1. The van der Waals surface area contributed by atoms with Gasteiger partial charge in [0.2, 0.25) is 0 Å². The summed E-state index contributed by atoms with van der Waals surface area (Å²) >= 11 is 0. The van der Waals surface area contributed by atoms with Crippen molar-refractivity contribution in [1.82, 2.24) is 10.2 Å². The Morgan fingerprint density at radius 1 is 1.41 bits per heavy atom. The summed E-state index contributed by atoms with van der Waals surface area (Å²) in [7, 11) is 1.56. The fraction of sp³-hybridized carbons (Fsp3) is 0.667. The molecule has 5 nitrogen and oxygen atoms in total. The number of hydrogen-bond donors (Lipinski definition) is 2. The molecule has 152 valence electrons. The number of nitrogens with zero attached hydrogens (tertiary/aromatic N) is 1. The number of β-amino-alcohol motifs (C(OH)–C–C–N with tert-alkyl or cyclic N) is 1. The van der Waals surface area contributed by atoms with Gasteiger partial charge in [0.05, 0.1) is 13.2 Å². The molecule has 1 aromatic rings. The molecule has 1 heterocycles. The Morgan fingerprint density at radius 2 is 2.11 bits per heavy atom. The highest BCUT2D eigenvalue weighted by Gasteiger charge is 2.32. The van der Waals surface area contributed by atoms with Crippen LogP contribution in [-0.2, 0) is 0 Å². The Hall–Kier alpha value is -1.66. The van der Waals surface area contributed by atoms with Crippen LogP contribution >= 0.6 is 0 Å². The fourth-order valence-corrected chi connectivity index (χ4v) is 3.25. The lowest BCUT2D eigenvalue weighted by molar-refractivity contribution is 0.00151. The van der Waals surface area contributed by atoms with Crippen LogP contribution in [0.3, 0.4) is 0 Å². The highest BCUT2D eigenvalue weighted by atomic mass is 19.1. The summed E-state index contributed by atoms with van der Waals surface area (Å²) in [5, 5.41) is 13.1. The molecule has 1 aromatic carbocycles. The minimum Gasteiger partial charge on any atom is -0.497 e. The molecule has 0 aromatic heterocycles. The summed E-state index contributed by atoms with van der Waals surface area (Å²) in [6.45, 7) is 9.66. The molecule has 1 saturated heterocycles. The predicted molar refractivity (Wildman–Crippen MR) is 105 cm³/mol. The Kier molecular flexibility index (Phi) is 7.23. The molecule has 2 N–H and O–H groups in total. The van der Waals surface area contributed by atoms with Gasteiger partial charge in [-0.25, -0.2) is 4.39 Å². The largest absolute Gasteiger partial charge is 0.497 e. The normalized spacial score (nSPS) is 22.3. The number of methoxy groups -OCH3 is 1. The molecule has 0 aliphatic carbocycles. The lowest BCUT2D eigenvalue weighted by Crippen LogP contribution is -2.49.